The topological polar surface area (TPSA) is 36.8 Å². The summed E-state index contributed by atoms with van der Waals surface area (Å²) in [5.41, 5.74) is 6.62. The normalized spacial score (nSPS) is 12.3. The molecule has 0 aliphatic heterocycles. The first-order chi connectivity index (χ1) is 9.76. The van der Waals surface area contributed by atoms with Gasteiger partial charge in [0, 0.05) is 29.7 Å². The van der Waals surface area contributed by atoms with Crippen LogP contribution < -0.4 is 5.43 Å². The van der Waals surface area contributed by atoms with Crippen LogP contribution in [0, 0.1) is 0 Å². The van der Waals surface area contributed by atoms with Crippen LogP contribution in [0.2, 0.25) is 0 Å². The van der Waals surface area contributed by atoms with Gasteiger partial charge in [0.15, 0.2) is 0 Å². The Morgan fingerprint density at radius 2 is 1.50 bits per heavy atom. The molecule has 0 fully saturated rings. The quantitative estimate of drug-likeness (QED) is 0.676. The molecule has 0 aromatic heterocycles. The number of nitrogens with one attached hydrogen (secondary N) is 1. The second-order valence-electron chi connectivity index (χ2n) is 4.13. The van der Waals surface area contributed by atoms with Gasteiger partial charge < -0.3 is 5.43 Å². The number of rotatable bonds is 4. The number of hydrogen-bond acceptors (Lipinski definition) is 3. The fourth-order valence-corrected chi connectivity index (χ4v) is 2.21. The van der Waals surface area contributed by atoms with Gasteiger partial charge in [0.25, 0.3) is 0 Å². The lowest BCUT2D eigenvalue weighted by atomic mass is 10.00. The SMILES string of the molecule is C/N=C(\C(=N/NC)c1ccccc1)c1ccc(Br)cc1. The van der Waals surface area contributed by atoms with Gasteiger partial charge in [0.1, 0.15) is 5.71 Å². The number of aliphatic imine (C=N–C) groups is 1. The van der Waals surface area contributed by atoms with E-state index in [9.17, 15) is 0 Å². The van der Waals surface area contributed by atoms with Crippen LogP contribution >= 0.6 is 15.9 Å². The molecule has 0 aliphatic rings. The standard InChI is InChI=1S/C16H16BrN3/c1-18-15(13-8-10-14(17)11-9-13)16(20-19-2)12-6-4-3-5-7-12/h3-11,19H,1-2H3/b18-15-,20-16-. The Labute approximate surface area is 127 Å². The lowest BCUT2D eigenvalue weighted by molar-refractivity contribution is 0.904. The Kier molecular flexibility index (Phi) is 5.07. The summed E-state index contributed by atoms with van der Waals surface area (Å²) in [6.45, 7) is 0. The maximum atomic E-state index is 4.41. The molecule has 1 N–H and O–H groups in total. The first kappa shape index (κ1) is 14.5. The monoisotopic (exact) mass is 329 g/mol. The highest BCUT2D eigenvalue weighted by Crippen LogP contribution is 2.14. The summed E-state index contributed by atoms with van der Waals surface area (Å²) >= 11 is 3.45. The Bertz CT molecular complexity index is 616. The van der Waals surface area contributed by atoms with Gasteiger partial charge in [-0.15, -0.1) is 0 Å². The summed E-state index contributed by atoms with van der Waals surface area (Å²) in [5.74, 6) is 0. The van der Waals surface area contributed by atoms with Gasteiger partial charge >= 0.3 is 0 Å². The molecule has 2 aromatic carbocycles. The summed E-state index contributed by atoms with van der Waals surface area (Å²) in [5, 5.41) is 4.39. The van der Waals surface area contributed by atoms with Crippen molar-refractivity contribution in [3.63, 3.8) is 0 Å². The van der Waals surface area contributed by atoms with E-state index >= 15 is 0 Å². The van der Waals surface area contributed by atoms with Crippen LogP contribution in [0.15, 0.2) is 69.2 Å². The molecule has 20 heavy (non-hydrogen) atoms. The maximum Gasteiger partial charge on any atom is 0.116 e. The number of hydrogen-bond donors (Lipinski definition) is 1. The second kappa shape index (κ2) is 7.01. The Hall–Kier alpha value is -1.94. The van der Waals surface area contributed by atoms with E-state index in [1.807, 2.05) is 54.6 Å². The molecule has 0 heterocycles. The summed E-state index contributed by atoms with van der Waals surface area (Å²) in [7, 11) is 3.57. The minimum atomic E-state index is 0.831. The van der Waals surface area contributed by atoms with Crippen molar-refractivity contribution in [2.24, 2.45) is 10.1 Å². The Morgan fingerprint density at radius 1 is 0.900 bits per heavy atom. The molecule has 102 valence electrons. The highest BCUT2D eigenvalue weighted by Gasteiger charge is 2.13. The smallest absolute Gasteiger partial charge is 0.116 e. The molecular weight excluding hydrogens is 314 g/mol. The third kappa shape index (κ3) is 3.33. The maximum absolute atomic E-state index is 4.41. The predicted molar refractivity (Wildman–Crippen MR) is 88.6 cm³/mol. The van der Waals surface area contributed by atoms with Gasteiger partial charge in [0.05, 0.1) is 5.71 Å². The van der Waals surface area contributed by atoms with Gasteiger partial charge in [-0.2, -0.15) is 5.10 Å². The molecule has 0 aliphatic carbocycles. The molecule has 0 spiro atoms. The molecule has 2 rings (SSSR count). The van der Waals surface area contributed by atoms with Crippen molar-refractivity contribution in [3.05, 3.63) is 70.2 Å². The number of benzene rings is 2. The molecule has 0 amide bonds. The highest BCUT2D eigenvalue weighted by molar-refractivity contribution is 9.10. The van der Waals surface area contributed by atoms with Crippen LogP contribution in [0.4, 0.5) is 0 Å². The average Bonchev–Trinajstić information content (AvgIpc) is 2.50. The Morgan fingerprint density at radius 3 is 2.05 bits per heavy atom. The van der Waals surface area contributed by atoms with Gasteiger partial charge in [-0.1, -0.05) is 58.4 Å². The third-order valence-corrected chi connectivity index (χ3v) is 3.37. The van der Waals surface area contributed by atoms with Crippen LogP contribution in [0.3, 0.4) is 0 Å². The fraction of sp³-hybridized carbons (Fsp3) is 0.125. The summed E-state index contributed by atoms with van der Waals surface area (Å²) in [6, 6.07) is 18.1. The lowest BCUT2D eigenvalue weighted by Crippen LogP contribution is -2.20. The Balaban J connectivity index is 2.47. The lowest BCUT2D eigenvalue weighted by Gasteiger charge is -2.10. The summed E-state index contributed by atoms with van der Waals surface area (Å²) in [6.07, 6.45) is 0. The number of hydrazone groups is 1. The van der Waals surface area contributed by atoms with Crippen molar-refractivity contribution < 1.29 is 0 Å². The van der Waals surface area contributed by atoms with E-state index in [2.05, 4.69) is 31.4 Å². The molecule has 0 saturated carbocycles. The summed E-state index contributed by atoms with van der Waals surface area (Å²) < 4.78 is 1.04. The molecule has 3 nitrogen and oxygen atoms in total. The zero-order valence-corrected chi connectivity index (χ0v) is 13.1. The highest BCUT2D eigenvalue weighted by atomic mass is 79.9. The van der Waals surface area contributed by atoms with Gasteiger partial charge in [-0.25, -0.2) is 0 Å². The molecular formula is C16H16BrN3. The molecule has 2 aromatic rings. The zero-order valence-electron chi connectivity index (χ0n) is 11.5. The van der Waals surface area contributed by atoms with Crippen molar-refractivity contribution in [2.75, 3.05) is 14.1 Å². The minimum absolute atomic E-state index is 0.831. The van der Waals surface area contributed by atoms with E-state index in [1.54, 1.807) is 14.1 Å². The fourth-order valence-electron chi connectivity index (χ4n) is 1.94. The molecule has 0 atom stereocenters. The van der Waals surface area contributed by atoms with Crippen LogP contribution in [-0.2, 0) is 0 Å². The van der Waals surface area contributed by atoms with E-state index < -0.39 is 0 Å². The van der Waals surface area contributed by atoms with Gasteiger partial charge in [0.2, 0.25) is 0 Å². The molecule has 0 unspecified atom stereocenters. The number of nitrogens with zero attached hydrogens (tertiary/aromatic N) is 2. The van der Waals surface area contributed by atoms with E-state index in [4.69, 9.17) is 0 Å². The van der Waals surface area contributed by atoms with E-state index in [-0.39, 0.29) is 0 Å². The molecule has 0 saturated heterocycles. The largest absolute Gasteiger partial charge is 0.312 e. The second-order valence-corrected chi connectivity index (χ2v) is 5.04. The van der Waals surface area contributed by atoms with E-state index in [0.29, 0.717) is 0 Å². The molecule has 0 radical (unpaired) electrons. The van der Waals surface area contributed by atoms with Crippen molar-refractivity contribution in [3.8, 4) is 0 Å². The molecule has 4 heteroatoms. The van der Waals surface area contributed by atoms with E-state index in [1.165, 1.54) is 0 Å². The zero-order chi connectivity index (χ0) is 14.4. The van der Waals surface area contributed by atoms with Gasteiger partial charge in [-0.05, 0) is 12.1 Å². The third-order valence-electron chi connectivity index (χ3n) is 2.84. The minimum Gasteiger partial charge on any atom is -0.312 e. The summed E-state index contributed by atoms with van der Waals surface area (Å²) in [4.78, 5) is 4.41. The van der Waals surface area contributed by atoms with Crippen molar-refractivity contribution >= 4 is 27.4 Å². The van der Waals surface area contributed by atoms with Crippen LogP contribution in [-0.4, -0.2) is 25.5 Å². The average molecular weight is 330 g/mol. The van der Waals surface area contributed by atoms with Crippen LogP contribution in [0.25, 0.3) is 0 Å². The van der Waals surface area contributed by atoms with E-state index in [0.717, 1.165) is 27.0 Å². The van der Waals surface area contributed by atoms with Gasteiger partial charge in [-0.3, -0.25) is 4.99 Å². The van der Waals surface area contributed by atoms with Crippen LogP contribution in [0.1, 0.15) is 11.1 Å². The first-order valence-corrected chi connectivity index (χ1v) is 7.08. The van der Waals surface area contributed by atoms with Crippen molar-refractivity contribution in [2.45, 2.75) is 0 Å². The first-order valence-electron chi connectivity index (χ1n) is 6.29. The molecule has 0 bridgehead atoms. The van der Waals surface area contributed by atoms with Crippen molar-refractivity contribution in [1.29, 1.82) is 0 Å². The van der Waals surface area contributed by atoms with Crippen LogP contribution in [0.5, 0.6) is 0 Å². The number of halogens is 1. The van der Waals surface area contributed by atoms with Crippen molar-refractivity contribution in [1.82, 2.24) is 5.43 Å². The predicted octanol–water partition coefficient (Wildman–Crippen LogP) is 3.49.